The van der Waals surface area contributed by atoms with Gasteiger partial charge in [-0.2, -0.15) is 0 Å². The lowest BCUT2D eigenvalue weighted by Gasteiger charge is -2.29. The monoisotopic (exact) mass is 526 g/mol. The first kappa shape index (κ1) is 26.6. The molecular weight excluding hydrogens is 492 g/mol. The minimum absolute atomic E-state index is 0.0464. The molecule has 202 valence electrons. The summed E-state index contributed by atoms with van der Waals surface area (Å²) in [5.41, 5.74) is 3.63. The van der Waals surface area contributed by atoms with Crippen LogP contribution in [0.25, 0.3) is 0 Å². The van der Waals surface area contributed by atoms with Gasteiger partial charge < -0.3 is 14.4 Å². The normalized spacial score (nSPS) is 17.0. The van der Waals surface area contributed by atoms with E-state index in [9.17, 15) is 14.4 Å². The average Bonchev–Trinajstić information content (AvgIpc) is 3.29. The van der Waals surface area contributed by atoms with E-state index in [2.05, 4.69) is 36.1 Å². The highest BCUT2D eigenvalue weighted by Gasteiger charge is 2.39. The van der Waals surface area contributed by atoms with Gasteiger partial charge in [0.25, 0.3) is 5.91 Å². The van der Waals surface area contributed by atoms with E-state index in [1.807, 2.05) is 42.5 Å². The Balaban J connectivity index is 1.15. The molecule has 0 radical (unpaired) electrons. The van der Waals surface area contributed by atoms with Crippen molar-refractivity contribution in [3.8, 4) is 11.5 Å². The van der Waals surface area contributed by atoms with Gasteiger partial charge in [-0.05, 0) is 48.4 Å². The summed E-state index contributed by atoms with van der Waals surface area (Å²) in [5.74, 6) is 1.16. The van der Waals surface area contributed by atoms with Crippen LogP contribution in [-0.4, -0.2) is 53.0 Å². The molecule has 1 aliphatic carbocycles. The van der Waals surface area contributed by atoms with Crippen LogP contribution in [0.1, 0.15) is 53.2 Å². The van der Waals surface area contributed by atoms with Gasteiger partial charge in [-0.3, -0.25) is 19.3 Å². The molecule has 3 aromatic rings. The lowest BCUT2D eigenvalue weighted by atomic mass is 9.92. The molecule has 1 fully saturated rings. The Bertz CT molecular complexity index is 1320. The van der Waals surface area contributed by atoms with Crippen LogP contribution in [0.5, 0.6) is 11.5 Å². The van der Waals surface area contributed by atoms with Gasteiger partial charge in [0.15, 0.2) is 5.78 Å². The maximum atomic E-state index is 13.1. The lowest BCUT2D eigenvalue weighted by molar-refractivity contribution is -0.133. The number of rotatable bonds is 11. The number of carbonyl (C=O) groups excluding carboxylic acids is 3. The number of hydrogen-bond donors (Lipinski definition) is 0. The van der Waals surface area contributed by atoms with Crippen molar-refractivity contribution in [2.45, 2.75) is 51.9 Å². The van der Waals surface area contributed by atoms with Gasteiger partial charge >= 0.3 is 0 Å². The van der Waals surface area contributed by atoms with Gasteiger partial charge in [-0.15, -0.1) is 0 Å². The molecule has 1 heterocycles. The maximum absolute atomic E-state index is 13.1. The van der Waals surface area contributed by atoms with Crippen molar-refractivity contribution in [3.63, 3.8) is 0 Å². The summed E-state index contributed by atoms with van der Waals surface area (Å²) in [4.78, 5) is 41.1. The Labute approximate surface area is 229 Å². The average molecular weight is 527 g/mol. The quantitative estimate of drug-likeness (QED) is 0.334. The first-order chi connectivity index (χ1) is 19.0. The number of Topliss-reactive ketones (excluding diaryl/α,β-unsaturated/α-hetero) is 2. The summed E-state index contributed by atoms with van der Waals surface area (Å²) in [5, 5.41) is 0. The number of para-hydroxylation sites is 1. The number of nitrogens with zero attached hydrogens (tertiary/aromatic N) is 2. The molecule has 1 atom stereocenters. The molecule has 0 spiro atoms. The SMILES string of the molecule is CCN(CCOc1ccccc1)Cc1ccc(COc2cccc3c2CN(C2CCC(=O)CC2=O)C3=O)cc1. The number of likely N-dealkylation sites (N-methyl/N-ethyl adjacent to an activating group) is 1. The third-order valence-electron chi connectivity index (χ3n) is 7.46. The van der Waals surface area contributed by atoms with Crippen LogP contribution >= 0.6 is 0 Å². The van der Waals surface area contributed by atoms with Crippen molar-refractivity contribution in [2.24, 2.45) is 0 Å². The second-order valence-corrected chi connectivity index (χ2v) is 10.1. The lowest BCUT2D eigenvalue weighted by Crippen LogP contribution is -2.44. The van der Waals surface area contributed by atoms with Crippen LogP contribution in [0.4, 0.5) is 0 Å². The summed E-state index contributed by atoms with van der Waals surface area (Å²) < 4.78 is 12.0. The largest absolute Gasteiger partial charge is 0.492 e. The molecule has 7 heteroatoms. The highest BCUT2D eigenvalue weighted by Crippen LogP contribution is 2.34. The summed E-state index contributed by atoms with van der Waals surface area (Å²) in [6.07, 6.45) is 0.657. The van der Waals surface area contributed by atoms with Gasteiger partial charge in [0, 0.05) is 30.6 Å². The van der Waals surface area contributed by atoms with E-state index in [-0.39, 0.29) is 23.9 Å². The predicted molar refractivity (Wildman–Crippen MR) is 148 cm³/mol. The number of benzene rings is 3. The summed E-state index contributed by atoms with van der Waals surface area (Å²) in [6, 6.07) is 23.2. The number of ketones is 2. The summed E-state index contributed by atoms with van der Waals surface area (Å²) >= 11 is 0. The van der Waals surface area contributed by atoms with Crippen LogP contribution in [0, 0.1) is 0 Å². The summed E-state index contributed by atoms with van der Waals surface area (Å²) in [7, 11) is 0. The highest BCUT2D eigenvalue weighted by atomic mass is 16.5. The van der Waals surface area contributed by atoms with Crippen LogP contribution in [0.2, 0.25) is 0 Å². The molecule has 0 N–H and O–H groups in total. The third kappa shape index (κ3) is 6.37. The molecule has 5 rings (SSSR count). The van der Waals surface area contributed by atoms with Crippen LogP contribution in [0.3, 0.4) is 0 Å². The predicted octanol–water partition coefficient (Wildman–Crippen LogP) is 4.81. The van der Waals surface area contributed by atoms with Gasteiger partial charge in [0.1, 0.15) is 30.5 Å². The zero-order valence-corrected chi connectivity index (χ0v) is 22.3. The highest BCUT2D eigenvalue weighted by molar-refractivity contribution is 6.07. The van der Waals surface area contributed by atoms with Crippen molar-refractivity contribution < 1.29 is 23.9 Å². The second-order valence-electron chi connectivity index (χ2n) is 10.1. The zero-order chi connectivity index (χ0) is 27.2. The molecular formula is C32H34N2O5. The van der Waals surface area contributed by atoms with Gasteiger partial charge in [-0.25, -0.2) is 0 Å². The first-order valence-electron chi connectivity index (χ1n) is 13.6. The Kier molecular flexibility index (Phi) is 8.37. The van der Waals surface area contributed by atoms with Gasteiger partial charge in [0.2, 0.25) is 0 Å². The van der Waals surface area contributed by atoms with Gasteiger partial charge in [0.05, 0.1) is 19.0 Å². The van der Waals surface area contributed by atoms with Crippen molar-refractivity contribution in [1.29, 1.82) is 0 Å². The van der Waals surface area contributed by atoms with E-state index in [0.29, 0.717) is 43.9 Å². The summed E-state index contributed by atoms with van der Waals surface area (Å²) in [6.45, 7) is 6.11. The van der Waals surface area contributed by atoms with Crippen molar-refractivity contribution in [3.05, 3.63) is 95.1 Å². The van der Waals surface area contributed by atoms with Gasteiger partial charge in [-0.1, -0.05) is 55.5 Å². The Morgan fingerprint density at radius 3 is 2.41 bits per heavy atom. The molecule has 7 nitrogen and oxygen atoms in total. The molecule has 0 bridgehead atoms. The molecule has 1 saturated carbocycles. The van der Waals surface area contributed by atoms with Crippen LogP contribution in [-0.2, 0) is 29.3 Å². The molecule has 3 aromatic carbocycles. The fourth-order valence-electron chi connectivity index (χ4n) is 5.22. The Morgan fingerprint density at radius 1 is 0.897 bits per heavy atom. The third-order valence-corrected chi connectivity index (χ3v) is 7.46. The molecule has 2 aliphatic rings. The minimum atomic E-state index is -0.532. The van der Waals surface area contributed by atoms with E-state index in [1.165, 1.54) is 5.56 Å². The standard InChI is InChI=1S/C32H34N2O5/c1-2-33(17-18-38-26-7-4-3-5-8-26)20-23-11-13-24(14-12-23)22-39-31-10-6-9-27-28(31)21-34(32(27)37)29-16-15-25(35)19-30(29)36/h3-14,29H,2,15-22H2,1H3. The molecule has 0 aromatic heterocycles. The molecule has 1 amide bonds. The van der Waals surface area contributed by atoms with E-state index in [4.69, 9.17) is 9.47 Å². The van der Waals surface area contributed by atoms with E-state index >= 15 is 0 Å². The molecule has 0 saturated heterocycles. The first-order valence-corrected chi connectivity index (χ1v) is 13.6. The number of hydrogen-bond acceptors (Lipinski definition) is 6. The van der Waals surface area contributed by atoms with Crippen LogP contribution < -0.4 is 9.47 Å². The van der Waals surface area contributed by atoms with Crippen LogP contribution in [0.15, 0.2) is 72.8 Å². The molecule has 1 aliphatic heterocycles. The van der Waals surface area contributed by atoms with Crippen molar-refractivity contribution in [1.82, 2.24) is 9.80 Å². The van der Waals surface area contributed by atoms with E-state index in [1.54, 1.807) is 11.0 Å². The fourth-order valence-corrected chi connectivity index (χ4v) is 5.22. The zero-order valence-electron chi connectivity index (χ0n) is 22.3. The number of carbonyl (C=O) groups is 3. The maximum Gasteiger partial charge on any atom is 0.255 e. The molecule has 39 heavy (non-hydrogen) atoms. The van der Waals surface area contributed by atoms with Crippen molar-refractivity contribution >= 4 is 17.5 Å². The van der Waals surface area contributed by atoms with Crippen molar-refractivity contribution in [2.75, 3.05) is 19.7 Å². The molecule has 1 unspecified atom stereocenters. The number of ether oxygens (including phenoxy) is 2. The van der Waals surface area contributed by atoms with E-state index < -0.39 is 6.04 Å². The minimum Gasteiger partial charge on any atom is -0.492 e. The number of amides is 1. The van der Waals surface area contributed by atoms with E-state index in [0.717, 1.165) is 36.5 Å². The Hall–Kier alpha value is -3.97. The topological polar surface area (TPSA) is 76.2 Å². The second kappa shape index (κ2) is 12.3. The fraction of sp³-hybridized carbons (Fsp3) is 0.344. The Morgan fingerprint density at radius 2 is 1.67 bits per heavy atom. The number of fused-ring (bicyclic) bond motifs is 1. The smallest absolute Gasteiger partial charge is 0.255 e.